The number of aliphatic hydroxyl groups is 1. The van der Waals surface area contributed by atoms with Gasteiger partial charge in [0.2, 0.25) is 47.5 Å². The van der Waals surface area contributed by atoms with Crippen molar-refractivity contribution in [2.75, 3.05) is 60.3 Å². The fourth-order valence-corrected chi connectivity index (χ4v) is 12.5. The SMILES string of the molecule is CC[C@H](C)[C@@H](C(CC(=O)N1CCC[C@H]1[C@H](OC)[C@@H](C)C(=O)N[C@H](C)[C@@H](O)c1ccccc1)OC)N(C)C(=O)[C@@H](NC(=O)[C@H](C(C)C)N(C)C(=O)OC(C(=O)NC)c1ccc(NC(=O)[C@H](CCCNC(N)=O)NC(=O)[C@@H](NC(=O)CCCCCN2C(=O)C=CC2=O)C(C)C)cc1)C(C)C. The van der Waals surface area contributed by atoms with E-state index in [1.165, 1.54) is 69.6 Å². The van der Waals surface area contributed by atoms with Crippen LogP contribution in [-0.4, -0.2) is 205 Å². The van der Waals surface area contributed by atoms with Gasteiger partial charge in [-0.3, -0.25) is 57.7 Å². The smallest absolute Gasteiger partial charge is 0.411 e. The standard InChI is InChI=1S/C70H108N12O16/c1-16-43(8)59(51(96-14)39-55(86)81-38-24-28-50(81)61(97-15)44(9)63(88)74-45(10)60(87)46-25-19-17-20-26-46)79(12)68(93)57(41(4)5)78-66(91)58(42(6)7)80(13)70(95)98-62(67(92)72-11)47-30-32-48(33-31-47)75-64(89)49(27-23-36-73-69(71)94)76-65(90)56(40(2)3)77-52(83)29-21-18-22-37-82-53(84)34-35-54(82)85/h17,19-20,25-26,30-35,40-45,49-51,56-62,87H,16,18,21-24,27-29,36-39H2,1-15H3,(H,72,92)(H,74,88)(H,75,89)(H,76,90)(H,77,83)(H,78,91)(H3,71,73,94)/t43-,44+,45+,49-,50-,51?,56-,57-,58-,59-,60+,61+,62?/m0/s1. The van der Waals surface area contributed by atoms with Crippen LogP contribution in [0.5, 0.6) is 0 Å². The first kappa shape index (κ1) is 81.9. The molecule has 2 heterocycles. The molecule has 2 aliphatic rings. The van der Waals surface area contributed by atoms with Gasteiger partial charge in [0.15, 0.2) is 0 Å². The third kappa shape index (κ3) is 23.3. The highest BCUT2D eigenvalue weighted by molar-refractivity contribution is 6.12. The Morgan fingerprint density at radius 3 is 1.89 bits per heavy atom. The van der Waals surface area contributed by atoms with Gasteiger partial charge in [-0.25, -0.2) is 9.59 Å². The number of hydrogen-bond donors (Lipinski definition) is 9. The first-order valence-corrected chi connectivity index (χ1v) is 34.0. The van der Waals surface area contributed by atoms with Crippen molar-refractivity contribution in [2.24, 2.45) is 35.3 Å². The lowest BCUT2D eigenvalue weighted by Crippen LogP contribution is -2.60. The molecule has 0 radical (unpaired) electrons. The number of likely N-dealkylation sites (N-methyl/N-ethyl adjacent to an activating group) is 3. The number of methoxy groups -OCH3 is 2. The number of nitrogens with one attached hydrogen (secondary N) is 7. The van der Waals surface area contributed by atoms with Gasteiger partial charge in [0, 0.05) is 84.8 Å². The zero-order valence-electron chi connectivity index (χ0n) is 59.7. The molecule has 2 aromatic carbocycles. The van der Waals surface area contributed by atoms with Gasteiger partial charge in [0.05, 0.1) is 48.8 Å². The number of aliphatic hydroxyl groups excluding tert-OH is 1. The quantitative estimate of drug-likeness (QED) is 0.0331. The Balaban J connectivity index is 1.45. The molecule has 0 saturated carbocycles. The minimum absolute atomic E-state index is 0.0273. The van der Waals surface area contributed by atoms with Crippen LogP contribution in [0.3, 0.4) is 0 Å². The molecule has 2 aliphatic heterocycles. The summed E-state index contributed by atoms with van der Waals surface area (Å²) in [7, 11) is 7.26. The van der Waals surface area contributed by atoms with Crippen LogP contribution >= 0.6 is 0 Å². The van der Waals surface area contributed by atoms with E-state index in [0.717, 1.165) is 9.80 Å². The van der Waals surface area contributed by atoms with E-state index in [4.69, 9.17) is 19.9 Å². The van der Waals surface area contributed by atoms with Gasteiger partial charge >= 0.3 is 12.1 Å². The Kier molecular flexibility index (Phi) is 33.3. The molecule has 28 nitrogen and oxygen atoms in total. The Morgan fingerprint density at radius 1 is 0.694 bits per heavy atom. The fourth-order valence-electron chi connectivity index (χ4n) is 12.5. The number of hydrogen-bond acceptors (Lipinski definition) is 16. The minimum atomic E-state index is -1.58. The van der Waals surface area contributed by atoms with Crippen LogP contribution in [0.2, 0.25) is 0 Å². The summed E-state index contributed by atoms with van der Waals surface area (Å²) in [4.78, 5) is 167. The number of nitrogens with two attached hydrogens (primary N) is 1. The number of amides is 13. The van der Waals surface area contributed by atoms with Crippen molar-refractivity contribution >= 4 is 76.9 Å². The summed E-state index contributed by atoms with van der Waals surface area (Å²) in [5.74, 6) is -7.39. The molecular weight excluding hydrogens is 1260 g/mol. The molecule has 98 heavy (non-hydrogen) atoms. The predicted molar refractivity (Wildman–Crippen MR) is 366 cm³/mol. The minimum Gasteiger partial charge on any atom is -0.431 e. The summed E-state index contributed by atoms with van der Waals surface area (Å²) in [5, 5.41) is 30.0. The summed E-state index contributed by atoms with van der Waals surface area (Å²) in [6, 6.07) is 7.63. The molecule has 28 heteroatoms. The number of anilines is 1. The average Bonchev–Trinajstić information content (AvgIpc) is 1.45. The fraction of sp³-hybridized carbons (Fsp3) is 0.629. The molecule has 1 saturated heterocycles. The van der Waals surface area contributed by atoms with Gasteiger partial charge < -0.3 is 72.1 Å². The lowest BCUT2D eigenvalue weighted by atomic mass is 9.89. The topological polar surface area (TPSA) is 376 Å². The van der Waals surface area contributed by atoms with E-state index in [0.29, 0.717) is 50.6 Å². The molecule has 0 spiro atoms. The molecule has 2 unspecified atom stereocenters. The number of nitrogens with zero attached hydrogens (tertiary/aromatic N) is 4. The van der Waals surface area contributed by atoms with Crippen LogP contribution < -0.4 is 43.0 Å². The zero-order valence-corrected chi connectivity index (χ0v) is 59.7. The van der Waals surface area contributed by atoms with E-state index in [2.05, 4.69) is 37.2 Å². The Labute approximate surface area is 576 Å². The maximum absolute atomic E-state index is 14.9. The van der Waals surface area contributed by atoms with Crippen molar-refractivity contribution in [3.8, 4) is 0 Å². The first-order chi connectivity index (χ1) is 46.3. The van der Waals surface area contributed by atoms with Crippen molar-refractivity contribution in [3.05, 3.63) is 77.9 Å². The van der Waals surface area contributed by atoms with Gasteiger partial charge in [-0.1, -0.05) is 118 Å². The van der Waals surface area contributed by atoms with E-state index in [9.17, 15) is 62.6 Å². The molecule has 4 rings (SSSR count). The van der Waals surface area contributed by atoms with Gasteiger partial charge in [0.1, 0.15) is 24.2 Å². The normalized spacial score (nSPS) is 17.4. The number of carbonyl (C=O) groups excluding carboxylic acids is 12. The van der Waals surface area contributed by atoms with Gasteiger partial charge in [-0.2, -0.15) is 0 Å². The number of primary amides is 1. The third-order valence-electron chi connectivity index (χ3n) is 18.3. The maximum Gasteiger partial charge on any atom is 0.411 e. The monoisotopic (exact) mass is 1370 g/mol. The summed E-state index contributed by atoms with van der Waals surface area (Å²) >= 11 is 0. The van der Waals surface area contributed by atoms with Crippen LogP contribution in [0, 0.1) is 29.6 Å². The third-order valence-corrected chi connectivity index (χ3v) is 18.3. The largest absolute Gasteiger partial charge is 0.431 e. The molecule has 1 fully saturated rings. The number of imide groups is 1. The number of ether oxygens (including phenoxy) is 3. The van der Waals surface area contributed by atoms with Gasteiger partial charge in [-0.15, -0.1) is 0 Å². The average molecular weight is 1370 g/mol. The van der Waals surface area contributed by atoms with Gasteiger partial charge in [-0.05, 0) is 86.8 Å². The second-order valence-corrected chi connectivity index (χ2v) is 26.5. The summed E-state index contributed by atoms with van der Waals surface area (Å²) in [6.07, 6.45) is 0.739. The van der Waals surface area contributed by atoms with Crippen LogP contribution in [0.25, 0.3) is 0 Å². The number of rotatable bonds is 39. The number of unbranched alkanes of at least 4 members (excludes halogenated alkanes) is 2. The van der Waals surface area contributed by atoms with E-state index in [1.807, 2.05) is 32.0 Å². The van der Waals surface area contributed by atoms with Crippen molar-refractivity contribution in [1.82, 2.24) is 51.5 Å². The van der Waals surface area contributed by atoms with Crippen molar-refractivity contribution in [3.63, 3.8) is 0 Å². The van der Waals surface area contributed by atoms with Crippen LogP contribution in [0.1, 0.15) is 157 Å². The highest BCUT2D eigenvalue weighted by Crippen LogP contribution is 2.31. The molecule has 13 atom stereocenters. The summed E-state index contributed by atoms with van der Waals surface area (Å²) < 4.78 is 17.9. The number of carbonyl (C=O) groups is 12. The molecule has 0 bridgehead atoms. The Bertz CT molecular complexity index is 3040. The van der Waals surface area contributed by atoms with Gasteiger partial charge in [0.25, 0.3) is 17.7 Å². The molecular formula is C70H108N12O16. The van der Waals surface area contributed by atoms with Crippen molar-refractivity contribution in [1.29, 1.82) is 0 Å². The van der Waals surface area contributed by atoms with Crippen molar-refractivity contribution in [2.45, 2.75) is 200 Å². The number of likely N-dealkylation sites (tertiary alicyclic amines) is 1. The lowest BCUT2D eigenvalue weighted by Gasteiger charge is -2.41. The molecule has 13 amide bonds. The molecule has 0 aromatic heterocycles. The highest BCUT2D eigenvalue weighted by atomic mass is 16.6. The summed E-state index contributed by atoms with van der Waals surface area (Å²) in [5.41, 5.74) is 6.29. The highest BCUT2D eigenvalue weighted by Gasteiger charge is 2.44. The first-order valence-electron chi connectivity index (χ1n) is 34.0. The van der Waals surface area contributed by atoms with E-state index in [-0.39, 0.29) is 79.6 Å². The maximum atomic E-state index is 14.9. The Morgan fingerprint density at radius 2 is 1.33 bits per heavy atom. The molecule has 2 aromatic rings. The van der Waals surface area contributed by atoms with Crippen LogP contribution in [0.15, 0.2) is 66.7 Å². The predicted octanol–water partition coefficient (Wildman–Crippen LogP) is 4.36. The zero-order chi connectivity index (χ0) is 73.2. The Hall–Kier alpha value is -8.50. The van der Waals surface area contributed by atoms with E-state index in [1.54, 1.807) is 79.5 Å². The molecule has 544 valence electrons. The molecule has 10 N–H and O–H groups in total. The van der Waals surface area contributed by atoms with E-state index < -0.39 is 138 Å². The number of urea groups is 1. The number of benzene rings is 2. The van der Waals surface area contributed by atoms with Crippen molar-refractivity contribution < 1.29 is 76.9 Å². The van der Waals surface area contributed by atoms with E-state index >= 15 is 0 Å². The van der Waals surface area contributed by atoms with Crippen LogP contribution in [-0.2, 0) is 62.2 Å². The van der Waals surface area contributed by atoms with Crippen LogP contribution in [0.4, 0.5) is 15.3 Å². The molecule has 0 aliphatic carbocycles. The summed E-state index contributed by atoms with van der Waals surface area (Å²) in [6.45, 7) is 18.4. The second kappa shape index (κ2) is 39.8. The lowest BCUT2D eigenvalue weighted by molar-refractivity contribution is -0.148. The second-order valence-electron chi connectivity index (χ2n) is 26.5.